The number of carbonyl (C=O) groups is 4. The quantitative estimate of drug-likeness (QED) is 0.531. The molecule has 1 saturated heterocycles. The number of nitrogens with one attached hydrogen (secondary N) is 3. The fraction of sp³-hybridized carbons (Fsp3) is 0.714. The van der Waals surface area contributed by atoms with Crippen molar-refractivity contribution in [1.82, 2.24) is 20.9 Å². The van der Waals surface area contributed by atoms with Crippen LogP contribution in [-0.4, -0.2) is 68.5 Å². The van der Waals surface area contributed by atoms with Crippen LogP contribution in [0.2, 0.25) is 0 Å². The number of ether oxygens (including phenoxy) is 1. The first-order chi connectivity index (χ1) is 10.9. The normalized spacial score (nSPS) is 17.1. The summed E-state index contributed by atoms with van der Waals surface area (Å²) in [5.41, 5.74) is 0. The largest absolute Gasteiger partial charge is 0.453 e. The molecule has 9 heteroatoms. The lowest BCUT2D eigenvalue weighted by Crippen LogP contribution is -2.49. The average molecular weight is 328 g/mol. The van der Waals surface area contributed by atoms with Crippen molar-refractivity contribution in [3.05, 3.63) is 0 Å². The molecule has 1 aliphatic rings. The van der Waals surface area contributed by atoms with Gasteiger partial charge in [0.2, 0.25) is 17.7 Å². The van der Waals surface area contributed by atoms with E-state index in [9.17, 15) is 19.2 Å². The zero-order valence-electron chi connectivity index (χ0n) is 13.5. The SMILES string of the molecule is COC(=O)NCC(=O)N1CCCC(C(=O)NCCNC(C)=O)C1. The molecule has 4 amide bonds. The number of rotatable bonds is 6. The van der Waals surface area contributed by atoms with E-state index >= 15 is 0 Å². The molecule has 0 bridgehead atoms. The second kappa shape index (κ2) is 9.65. The summed E-state index contributed by atoms with van der Waals surface area (Å²) < 4.78 is 4.40. The number of hydrogen-bond donors (Lipinski definition) is 3. The smallest absolute Gasteiger partial charge is 0.407 e. The van der Waals surface area contributed by atoms with Crippen LogP contribution >= 0.6 is 0 Å². The third-order valence-corrected chi connectivity index (χ3v) is 3.51. The van der Waals surface area contributed by atoms with Crippen LogP contribution < -0.4 is 16.0 Å². The van der Waals surface area contributed by atoms with E-state index in [4.69, 9.17) is 0 Å². The molecule has 9 nitrogen and oxygen atoms in total. The van der Waals surface area contributed by atoms with Crippen molar-refractivity contribution in [2.24, 2.45) is 5.92 Å². The molecule has 0 saturated carbocycles. The summed E-state index contributed by atoms with van der Waals surface area (Å²) in [6, 6.07) is 0. The van der Waals surface area contributed by atoms with Gasteiger partial charge in [0.15, 0.2) is 0 Å². The first-order valence-corrected chi connectivity index (χ1v) is 7.55. The summed E-state index contributed by atoms with van der Waals surface area (Å²) in [7, 11) is 1.22. The second-order valence-electron chi connectivity index (χ2n) is 5.30. The van der Waals surface area contributed by atoms with E-state index < -0.39 is 6.09 Å². The van der Waals surface area contributed by atoms with Crippen LogP contribution in [0.5, 0.6) is 0 Å². The Hall–Kier alpha value is -2.32. The molecule has 0 radical (unpaired) electrons. The molecule has 1 heterocycles. The zero-order valence-corrected chi connectivity index (χ0v) is 13.5. The lowest BCUT2D eigenvalue weighted by molar-refractivity contribution is -0.135. The number of nitrogens with zero attached hydrogens (tertiary/aromatic N) is 1. The summed E-state index contributed by atoms with van der Waals surface area (Å²) in [4.78, 5) is 47.3. The van der Waals surface area contributed by atoms with Gasteiger partial charge in [0.1, 0.15) is 6.54 Å². The second-order valence-corrected chi connectivity index (χ2v) is 5.30. The van der Waals surface area contributed by atoms with Crippen LogP contribution in [0.4, 0.5) is 4.79 Å². The van der Waals surface area contributed by atoms with Crippen molar-refractivity contribution in [2.45, 2.75) is 19.8 Å². The van der Waals surface area contributed by atoms with Crippen LogP contribution in [0.3, 0.4) is 0 Å². The molecule has 1 atom stereocenters. The van der Waals surface area contributed by atoms with E-state index in [2.05, 4.69) is 20.7 Å². The topological polar surface area (TPSA) is 117 Å². The first kappa shape index (κ1) is 18.7. The van der Waals surface area contributed by atoms with Gasteiger partial charge in [0, 0.05) is 33.1 Å². The van der Waals surface area contributed by atoms with Gasteiger partial charge in [-0.15, -0.1) is 0 Å². The molecule has 0 aromatic carbocycles. The van der Waals surface area contributed by atoms with Gasteiger partial charge in [0.05, 0.1) is 13.0 Å². The van der Waals surface area contributed by atoms with Crippen molar-refractivity contribution in [3.63, 3.8) is 0 Å². The number of piperidine rings is 1. The third kappa shape index (κ3) is 6.98. The fourth-order valence-electron chi connectivity index (χ4n) is 2.32. The predicted molar refractivity (Wildman–Crippen MR) is 81.4 cm³/mol. The van der Waals surface area contributed by atoms with Crippen LogP contribution in [0, 0.1) is 5.92 Å². The number of amides is 4. The maximum atomic E-state index is 12.1. The molecule has 1 unspecified atom stereocenters. The number of likely N-dealkylation sites (tertiary alicyclic amines) is 1. The fourth-order valence-corrected chi connectivity index (χ4v) is 2.32. The molecule has 1 rings (SSSR count). The van der Waals surface area contributed by atoms with Gasteiger partial charge in [-0.05, 0) is 12.8 Å². The minimum absolute atomic E-state index is 0.131. The average Bonchev–Trinajstić information content (AvgIpc) is 2.55. The van der Waals surface area contributed by atoms with Gasteiger partial charge >= 0.3 is 6.09 Å². The highest BCUT2D eigenvalue weighted by Gasteiger charge is 2.28. The number of alkyl carbamates (subject to hydrolysis) is 1. The van der Waals surface area contributed by atoms with Gasteiger partial charge in [0.25, 0.3) is 0 Å². The highest BCUT2D eigenvalue weighted by atomic mass is 16.5. The maximum Gasteiger partial charge on any atom is 0.407 e. The zero-order chi connectivity index (χ0) is 17.2. The predicted octanol–water partition coefficient (Wildman–Crippen LogP) is -1.17. The summed E-state index contributed by atoms with van der Waals surface area (Å²) >= 11 is 0. The minimum atomic E-state index is -0.664. The minimum Gasteiger partial charge on any atom is -0.453 e. The highest BCUT2D eigenvalue weighted by molar-refractivity contribution is 5.84. The lowest BCUT2D eigenvalue weighted by atomic mass is 9.97. The molecule has 0 aromatic rings. The molecule has 1 aliphatic heterocycles. The molecule has 3 N–H and O–H groups in total. The summed E-state index contributed by atoms with van der Waals surface area (Å²) in [5, 5.41) is 7.67. The number of hydrogen-bond acceptors (Lipinski definition) is 5. The van der Waals surface area contributed by atoms with E-state index in [0.29, 0.717) is 32.6 Å². The van der Waals surface area contributed by atoms with Crippen molar-refractivity contribution in [2.75, 3.05) is 39.8 Å². The number of methoxy groups -OCH3 is 1. The van der Waals surface area contributed by atoms with Crippen molar-refractivity contribution in [1.29, 1.82) is 0 Å². The van der Waals surface area contributed by atoms with E-state index in [1.165, 1.54) is 14.0 Å². The Bertz CT molecular complexity index is 454. The third-order valence-electron chi connectivity index (χ3n) is 3.51. The Morgan fingerprint density at radius 2 is 1.83 bits per heavy atom. The van der Waals surface area contributed by atoms with E-state index in [0.717, 1.165) is 6.42 Å². The Labute approximate surface area is 135 Å². The molecule has 23 heavy (non-hydrogen) atoms. The van der Waals surface area contributed by atoms with Gasteiger partial charge < -0.3 is 25.6 Å². The molecule has 0 aliphatic carbocycles. The highest BCUT2D eigenvalue weighted by Crippen LogP contribution is 2.16. The van der Waals surface area contributed by atoms with Crippen molar-refractivity contribution >= 4 is 23.8 Å². The van der Waals surface area contributed by atoms with E-state index in [1.807, 2.05) is 0 Å². The van der Waals surface area contributed by atoms with Crippen molar-refractivity contribution in [3.8, 4) is 0 Å². The molecular weight excluding hydrogens is 304 g/mol. The standard InChI is InChI=1S/C14H24N4O5/c1-10(19)15-5-6-16-13(21)11-4-3-7-18(9-11)12(20)8-17-14(22)23-2/h11H,3-9H2,1-2H3,(H,15,19)(H,16,21)(H,17,22). The summed E-state index contributed by atoms with van der Waals surface area (Å²) in [5.74, 6) is -0.796. The lowest BCUT2D eigenvalue weighted by Gasteiger charge is -2.32. The van der Waals surface area contributed by atoms with Crippen LogP contribution in [-0.2, 0) is 19.1 Å². The Balaban J connectivity index is 2.35. The number of carbonyl (C=O) groups excluding carboxylic acids is 4. The monoisotopic (exact) mass is 328 g/mol. The van der Waals surface area contributed by atoms with E-state index in [-0.39, 0.29) is 30.2 Å². The molecule has 0 spiro atoms. The van der Waals surface area contributed by atoms with Gasteiger partial charge in [-0.2, -0.15) is 0 Å². The summed E-state index contributed by atoms with van der Waals surface area (Å²) in [6.07, 6.45) is 0.774. The molecule has 1 fully saturated rings. The Morgan fingerprint density at radius 3 is 2.48 bits per heavy atom. The van der Waals surface area contributed by atoms with E-state index in [1.54, 1.807) is 4.90 Å². The Morgan fingerprint density at radius 1 is 1.13 bits per heavy atom. The van der Waals surface area contributed by atoms with Gasteiger partial charge in [-0.1, -0.05) is 0 Å². The summed E-state index contributed by atoms with van der Waals surface area (Å²) in [6.45, 7) is 2.88. The van der Waals surface area contributed by atoms with Crippen LogP contribution in [0.15, 0.2) is 0 Å². The van der Waals surface area contributed by atoms with Crippen molar-refractivity contribution < 1.29 is 23.9 Å². The molecular formula is C14H24N4O5. The van der Waals surface area contributed by atoms with Crippen LogP contribution in [0.1, 0.15) is 19.8 Å². The Kier molecular flexibility index (Phi) is 7.86. The van der Waals surface area contributed by atoms with Gasteiger partial charge in [-0.3, -0.25) is 14.4 Å². The molecule has 0 aromatic heterocycles. The van der Waals surface area contributed by atoms with Crippen LogP contribution in [0.25, 0.3) is 0 Å². The first-order valence-electron chi connectivity index (χ1n) is 7.55. The maximum absolute atomic E-state index is 12.1. The molecule has 130 valence electrons. The van der Waals surface area contributed by atoms with Gasteiger partial charge in [-0.25, -0.2) is 4.79 Å².